The molecule has 4 N–H and O–H groups in total. The summed E-state index contributed by atoms with van der Waals surface area (Å²) in [7, 11) is 3.91. The molecule has 0 aliphatic heterocycles. The van der Waals surface area contributed by atoms with Crippen LogP contribution in [-0.2, 0) is 11.2 Å². The molecule has 176 valence electrons. The van der Waals surface area contributed by atoms with E-state index < -0.39 is 12.1 Å². The number of aromatic nitrogens is 1. The second-order valence-corrected chi connectivity index (χ2v) is 9.58. The first kappa shape index (κ1) is 24.9. The normalized spacial score (nSPS) is 12.6. The van der Waals surface area contributed by atoms with Gasteiger partial charge in [-0.15, -0.1) is 0 Å². The number of carbonyl (C=O) groups excluding carboxylic acids is 2. The molecule has 3 aromatic rings. The molecule has 0 aliphatic rings. The maximum absolute atomic E-state index is 13.1. The summed E-state index contributed by atoms with van der Waals surface area (Å²) in [6.45, 7) is 4.50. The summed E-state index contributed by atoms with van der Waals surface area (Å²) in [5, 5.41) is 10.2. The number of rotatable bonds is 8. The van der Waals surface area contributed by atoms with Gasteiger partial charge < -0.3 is 25.8 Å². The molecular weight excluding hydrogens is 461 g/mol. The lowest BCUT2D eigenvalue weighted by molar-refractivity contribution is -0.123. The Hall–Kier alpha value is -2.74. The fraction of sp³-hybridized carbons (Fsp3) is 0.333. The van der Waals surface area contributed by atoms with Gasteiger partial charge in [-0.05, 0) is 57.8 Å². The topological polar surface area (TPSA) is 89.3 Å². The molecule has 0 bridgehead atoms. The molecule has 0 saturated heterocycles. The number of amides is 3. The van der Waals surface area contributed by atoms with Crippen LogP contribution in [-0.4, -0.2) is 54.0 Å². The molecule has 3 amide bonds. The van der Waals surface area contributed by atoms with Crippen LogP contribution in [0.25, 0.3) is 10.9 Å². The van der Waals surface area contributed by atoms with E-state index in [4.69, 9.17) is 23.2 Å². The zero-order valence-electron chi connectivity index (χ0n) is 19.1. The minimum Gasteiger partial charge on any atom is -0.361 e. The number of halogens is 2. The van der Waals surface area contributed by atoms with Crippen LogP contribution < -0.4 is 16.0 Å². The number of nitrogens with one attached hydrogen (secondary N) is 4. The van der Waals surface area contributed by atoms with Crippen molar-refractivity contribution in [3.05, 3.63) is 64.3 Å². The molecule has 0 aliphatic carbocycles. The molecule has 1 aromatic heterocycles. The van der Waals surface area contributed by atoms with Gasteiger partial charge in [0.1, 0.15) is 6.04 Å². The fourth-order valence-corrected chi connectivity index (χ4v) is 3.51. The molecular formula is C24H29Cl2N5O2. The maximum atomic E-state index is 13.1. The van der Waals surface area contributed by atoms with Gasteiger partial charge in [0, 0.05) is 41.3 Å². The van der Waals surface area contributed by atoms with E-state index >= 15 is 0 Å². The molecule has 1 atom stereocenters. The van der Waals surface area contributed by atoms with Gasteiger partial charge >= 0.3 is 6.03 Å². The van der Waals surface area contributed by atoms with E-state index in [2.05, 4.69) is 20.9 Å². The molecule has 9 heteroatoms. The van der Waals surface area contributed by atoms with Crippen LogP contribution >= 0.6 is 23.2 Å². The van der Waals surface area contributed by atoms with E-state index in [1.165, 1.54) is 0 Å². The number of likely N-dealkylation sites (N-methyl/N-ethyl adjacent to an activating group) is 1. The minimum atomic E-state index is -0.787. The van der Waals surface area contributed by atoms with Gasteiger partial charge in [0.15, 0.2) is 0 Å². The monoisotopic (exact) mass is 489 g/mol. The second-order valence-electron chi connectivity index (χ2n) is 8.77. The highest BCUT2D eigenvalue weighted by atomic mass is 35.5. The average molecular weight is 490 g/mol. The summed E-state index contributed by atoms with van der Waals surface area (Å²) in [5.41, 5.74) is 2.14. The van der Waals surface area contributed by atoms with E-state index in [1.807, 2.05) is 63.3 Å². The third-order valence-corrected chi connectivity index (χ3v) is 6.54. The summed E-state index contributed by atoms with van der Waals surface area (Å²) in [6.07, 6.45) is 2.19. The van der Waals surface area contributed by atoms with Gasteiger partial charge in [-0.3, -0.25) is 4.79 Å². The van der Waals surface area contributed by atoms with E-state index in [-0.39, 0.29) is 11.4 Å². The lowest BCUT2D eigenvalue weighted by Gasteiger charge is -2.33. The van der Waals surface area contributed by atoms with Crippen LogP contribution in [0.3, 0.4) is 0 Å². The van der Waals surface area contributed by atoms with E-state index in [9.17, 15) is 9.59 Å². The van der Waals surface area contributed by atoms with Crippen LogP contribution in [0.15, 0.2) is 48.7 Å². The number of H-pyrrole nitrogens is 1. The van der Waals surface area contributed by atoms with Crippen LogP contribution in [0, 0.1) is 0 Å². The highest BCUT2D eigenvalue weighted by Gasteiger charge is 2.26. The Morgan fingerprint density at radius 2 is 1.82 bits per heavy atom. The first-order valence-corrected chi connectivity index (χ1v) is 11.3. The third kappa shape index (κ3) is 6.41. The highest BCUT2D eigenvalue weighted by Crippen LogP contribution is 2.25. The van der Waals surface area contributed by atoms with Crippen LogP contribution in [0.2, 0.25) is 10.0 Å². The molecule has 0 radical (unpaired) electrons. The first-order valence-electron chi connectivity index (χ1n) is 10.6. The summed E-state index contributed by atoms with van der Waals surface area (Å²) in [6, 6.07) is 11.3. The standard InChI is InChI=1S/C24H29Cl2N5O2/c1-24(2,31(3)4)14-28-22(32)21(11-15-13-27-20-8-6-5-7-17(15)20)30-23(33)29-16-9-10-18(25)19(26)12-16/h5-10,12-13,21,27H,11,14H2,1-4H3,(H,28,32)(H2,29,30,33). The number of hydrogen-bond donors (Lipinski definition) is 4. The van der Waals surface area contributed by atoms with Crippen molar-refractivity contribution >= 4 is 51.7 Å². The number of nitrogens with zero attached hydrogens (tertiary/aromatic N) is 1. The zero-order valence-corrected chi connectivity index (χ0v) is 20.6. The molecule has 7 nitrogen and oxygen atoms in total. The number of benzene rings is 2. The Kier molecular flexibility index (Phi) is 7.89. The fourth-order valence-electron chi connectivity index (χ4n) is 3.21. The predicted molar refractivity (Wildman–Crippen MR) is 135 cm³/mol. The summed E-state index contributed by atoms with van der Waals surface area (Å²) >= 11 is 12.0. The number of carbonyl (C=O) groups is 2. The van der Waals surface area contributed by atoms with Crippen molar-refractivity contribution in [3.63, 3.8) is 0 Å². The maximum Gasteiger partial charge on any atom is 0.319 e. The summed E-state index contributed by atoms with van der Waals surface area (Å²) in [5.74, 6) is -0.264. The van der Waals surface area contributed by atoms with Crippen LogP contribution in [0.4, 0.5) is 10.5 Å². The first-order chi connectivity index (χ1) is 15.6. The van der Waals surface area contributed by atoms with Crippen molar-refractivity contribution in [3.8, 4) is 0 Å². The van der Waals surface area contributed by atoms with E-state index in [1.54, 1.807) is 18.2 Å². The number of anilines is 1. The number of urea groups is 1. The minimum absolute atomic E-state index is 0.247. The van der Waals surface area contributed by atoms with E-state index in [0.717, 1.165) is 16.5 Å². The SMILES string of the molecule is CN(C)C(C)(C)CNC(=O)C(Cc1c[nH]c2ccccc12)NC(=O)Nc1ccc(Cl)c(Cl)c1. The van der Waals surface area contributed by atoms with Gasteiger partial charge in [-0.1, -0.05) is 41.4 Å². The van der Waals surface area contributed by atoms with Gasteiger partial charge in [-0.25, -0.2) is 4.79 Å². The molecule has 0 spiro atoms. The quantitative estimate of drug-likeness (QED) is 0.370. The highest BCUT2D eigenvalue weighted by molar-refractivity contribution is 6.42. The van der Waals surface area contributed by atoms with Crippen molar-refractivity contribution < 1.29 is 9.59 Å². The predicted octanol–water partition coefficient (Wildman–Crippen LogP) is 4.66. The number of fused-ring (bicyclic) bond motifs is 1. The molecule has 0 fully saturated rings. The average Bonchev–Trinajstić information content (AvgIpc) is 3.17. The van der Waals surface area contributed by atoms with Crippen LogP contribution in [0.1, 0.15) is 19.4 Å². The molecule has 1 heterocycles. The lowest BCUT2D eigenvalue weighted by Crippen LogP contribution is -2.54. The Bertz CT molecular complexity index is 1140. The Morgan fingerprint density at radius 1 is 1.09 bits per heavy atom. The van der Waals surface area contributed by atoms with Crippen molar-refractivity contribution in [2.24, 2.45) is 0 Å². The molecule has 2 aromatic carbocycles. The number of para-hydroxylation sites is 1. The third-order valence-electron chi connectivity index (χ3n) is 5.80. The van der Waals surface area contributed by atoms with Crippen molar-refractivity contribution in [2.45, 2.75) is 31.8 Å². The van der Waals surface area contributed by atoms with Gasteiger partial charge in [0.25, 0.3) is 0 Å². The molecule has 33 heavy (non-hydrogen) atoms. The molecule has 1 unspecified atom stereocenters. The van der Waals surface area contributed by atoms with Crippen molar-refractivity contribution in [1.82, 2.24) is 20.5 Å². The van der Waals surface area contributed by atoms with E-state index in [0.29, 0.717) is 28.7 Å². The van der Waals surface area contributed by atoms with Gasteiger partial charge in [0.2, 0.25) is 5.91 Å². The Labute approximate surface area is 203 Å². The zero-order chi connectivity index (χ0) is 24.2. The Balaban J connectivity index is 1.77. The van der Waals surface area contributed by atoms with Crippen molar-refractivity contribution in [1.29, 1.82) is 0 Å². The second kappa shape index (κ2) is 10.5. The molecule has 0 saturated carbocycles. The number of aromatic amines is 1. The number of hydrogen-bond acceptors (Lipinski definition) is 3. The smallest absolute Gasteiger partial charge is 0.319 e. The summed E-state index contributed by atoms with van der Waals surface area (Å²) < 4.78 is 0. The summed E-state index contributed by atoms with van der Waals surface area (Å²) in [4.78, 5) is 31.1. The Morgan fingerprint density at radius 3 is 2.52 bits per heavy atom. The molecule has 3 rings (SSSR count). The lowest BCUT2D eigenvalue weighted by atomic mass is 10.0. The van der Waals surface area contributed by atoms with Gasteiger partial charge in [-0.2, -0.15) is 0 Å². The van der Waals surface area contributed by atoms with Gasteiger partial charge in [0.05, 0.1) is 10.0 Å². The van der Waals surface area contributed by atoms with Crippen LogP contribution in [0.5, 0.6) is 0 Å². The largest absolute Gasteiger partial charge is 0.361 e. The van der Waals surface area contributed by atoms with Crippen molar-refractivity contribution in [2.75, 3.05) is 26.0 Å².